The van der Waals surface area contributed by atoms with E-state index >= 15 is 0 Å². The maximum Gasteiger partial charge on any atom is 0.143 e. The lowest BCUT2D eigenvalue weighted by Gasteiger charge is -2.24. The topological polar surface area (TPSA) is 17.1 Å². The van der Waals surface area contributed by atoms with Gasteiger partial charge in [0.05, 0.1) is 0 Å². The molecule has 1 aliphatic carbocycles. The number of aldehydes is 1. The van der Waals surface area contributed by atoms with Crippen molar-refractivity contribution < 1.29 is 4.79 Å². The molecule has 0 unspecified atom stereocenters. The lowest BCUT2D eigenvalue weighted by Crippen LogP contribution is -2.07. The van der Waals surface area contributed by atoms with Gasteiger partial charge in [-0.25, -0.2) is 0 Å². The van der Waals surface area contributed by atoms with Gasteiger partial charge in [-0.1, -0.05) is 25.5 Å². The summed E-state index contributed by atoms with van der Waals surface area (Å²) in [5, 5.41) is 0. The Hall–Kier alpha value is -1.11. The van der Waals surface area contributed by atoms with Gasteiger partial charge in [-0.3, -0.25) is 4.79 Å². The third-order valence-corrected chi connectivity index (χ3v) is 3.11. The molecule has 0 heterocycles. The number of hydrogen-bond donors (Lipinski definition) is 0. The standard InChI is InChI=1S/C15H22O/c1-11(2)15-13(4)6-5-7-14(15)10-12(3)8-9-16/h8-11H,5-7H2,1-4H3/b12-8-,14-10+. The number of hydrogen-bond acceptors (Lipinski definition) is 1. The molecule has 0 bridgehead atoms. The predicted octanol–water partition coefficient (Wildman–Crippen LogP) is 4.21. The lowest BCUT2D eigenvalue weighted by molar-refractivity contribution is -0.104. The van der Waals surface area contributed by atoms with Gasteiger partial charge in [0, 0.05) is 0 Å². The van der Waals surface area contributed by atoms with Crippen LogP contribution in [-0.2, 0) is 4.79 Å². The van der Waals surface area contributed by atoms with Gasteiger partial charge in [-0.2, -0.15) is 0 Å². The van der Waals surface area contributed by atoms with E-state index in [9.17, 15) is 4.79 Å². The molecule has 88 valence electrons. The maximum atomic E-state index is 10.4. The summed E-state index contributed by atoms with van der Waals surface area (Å²) in [7, 11) is 0. The van der Waals surface area contributed by atoms with Gasteiger partial charge >= 0.3 is 0 Å². The van der Waals surface area contributed by atoms with Crippen LogP contribution in [0.1, 0.15) is 47.0 Å². The van der Waals surface area contributed by atoms with E-state index in [1.165, 1.54) is 29.6 Å². The largest absolute Gasteiger partial charge is 0.299 e. The van der Waals surface area contributed by atoms with E-state index in [1.807, 2.05) is 6.92 Å². The van der Waals surface area contributed by atoms with Crippen molar-refractivity contribution in [2.75, 3.05) is 0 Å². The molecule has 0 saturated heterocycles. The average molecular weight is 218 g/mol. The second-order valence-electron chi connectivity index (χ2n) is 4.92. The Morgan fingerprint density at radius 1 is 1.31 bits per heavy atom. The van der Waals surface area contributed by atoms with Gasteiger partial charge in [0.1, 0.15) is 6.29 Å². The Balaban J connectivity index is 3.07. The molecule has 0 aromatic rings. The van der Waals surface area contributed by atoms with Crippen LogP contribution in [0.4, 0.5) is 0 Å². The average Bonchev–Trinajstić information content (AvgIpc) is 2.17. The van der Waals surface area contributed by atoms with Crippen LogP contribution in [0.15, 0.2) is 34.4 Å². The second kappa shape index (κ2) is 5.83. The Bertz CT molecular complexity index is 354. The van der Waals surface area contributed by atoms with Gasteiger partial charge < -0.3 is 0 Å². The summed E-state index contributed by atoms with van der Waals surface area (Å²) in [6.07, 6.45) is 8.28. The summed E-state index contributed by atoms with van der Waals surface area (Å²) in [6.45, 7) is 8.72. The van der Waals surface area contributed by atoms with Crippen molar-refractivity contribution in [3.8, 4) is 0 Å². The van der Waals surface area contributed by atoms with E-state index in [0.29, 0.717) is 5.92 Å². The fourth-order valence-electron chi connectivity index (χ4n) is 2.53. The number of allylic oxidation sites excluding steroid dienone is 6. The van der Waals surface area contributed by atoms with Crippen LogP contribution in [0.5, 0.6) is 0 Å². The fourth-order valence-corrected chi connectivity index (χ4v) is 2.53. The molecule has 0 aliphatic heterocycles. The van der Waals surface area contributed by atoms with E-state index in [1.54, 1.807) is 6.08 Å². The Morgan fingerprint density at radius 3 is 2.56 bits per heavy atom. The van der Waals surface area contributed by atoms with Crippen molar-refractivity contribution in [3.05, 3.63) is 34.4 Å². The van der Waals surface area contributed by atoms with Gasteiger partial charge in [-0.05, 0) is 61.8 Å². The van der Waals surface area contributed by atoms with Crippen molar-refractivity contribution >= 4 is 6.29 Å². The monoisotopic (exact) mass is 218 g/mol. The van der Waals surface area contributed by atoms with E-state index in [2.05, 4.69) is 26.8 Å². The molecule has 1 heteroatoms. The number of carbonyl (C=O) groups excluding carboxylic acids is 1. The third kappa shape index (κ3) is 3.19. The number of rotatable bonds is 3. The first kappa shape index (κ1) is 13.0. The molecule has 1 rings (SSSR count). The molecule has 1 aliphatic rings. The summed E-state index contributed by atoms with van der Waals surface area (Å²) >= 11 is 0. The molecule has 16 heavy (non-hydrogen) atoms. The minimum atomic E-state index is 0.579. The molecule has 0 aromatic carbocycles. The molecule has 0 atom stereocenters. The number of carbonyl (C=O) groups is 1. The second-order valence-corrected chi connectivity index (χ2v) is 4.92. The van der Waals surface area contributed by atoms with Crippen molar-refractivity contribution in [2.24, 2.45) is 5.92 Å². The molecule has 0 N–H and O–H groups in total. The first-order chi connectivity index (χ1) is 7.56. The van der Waals surface area contributed by atoms with Crippen molar-refractivity contribution in [2.45, 2.75) is 47.0 Å². The molecule has 1 nitrogen and oxygen atoms in total. The predicted molar refractivity (Wildman–Crippen MR) is 69.3 cm³/mol. The zero-order chi connectivity index (χ0) is 12.1. The van der Waals surface area contributed by atoms with Crippen LogP contribution in [0.2, 0.25) is 0 Å². The van der Waals surface area contributed by atoms with Crippen LogP contribution in [-0.4, -0.2) is 6.29 Å². The minimum absolute atomic E-state index is 0.579. The van der Waals surface area contributed by atoms with Gasteiger partial charge in [0.25, 0.3) is 0 Å². The highest BCUT2D eigenvalue weighted by Gasteiger charge is 2.17. The summed E-state index contributed by atoms with van der Waals surface area (Å²) in [5.74, 6) is 0.579. The minimum Gasteiger partial charge on any atom is -0.299 e. The van der Waals surface area contributed by atoms with Crippen LogP contribution < -0.4 is 0 Å². The fraction of sp³-hybridized carbons (Fsp3) is 0.533. The molecule has 0 aromatic heterocycles. The van der Waals surface area contributed by atoms with Crippen molar-refractivity contribution in [1.29, 1.82) is 0 Å². The third-order valence-electron chi connectivity index (χ3n) is 3.11. The normalized spacial score (nSPS) is 20.8. The molecule has 0 fully saturated rings. The van der Waals surface area contributed by atoms with E-state index < -0.39 is 0 Å². The summed E-state index contributed by atoms with van der Waals surface area (Å²) in [6, 6.07) is 0. The van der Waals surface area contributed by atoms with E-state index in [4.69, 9.17) is 0 Å². The Labute approximate surface area is 98.9 Å². The van der Waals surface area contributed by atoms with Crippen LogP contribution in [0.25, 0.3) is 0 Å². The highest BCUT2D eigenvalue weighted by molar-refractivity contribution is 5.67. The van der Waals surface area contributed by atoms with Gasteiger partial charge in [0.15, 0.2) is 0 Å². The smallest absolute Gasteiger partial charge is 0.143 e. The molecule has 0 amide bonds. The Kier molecular flexibility index (Phi) is 4.72. The quantitative estimate of drug-likeness (QED) is 0.512. The molecular weight excluding hydrogens is 196 g/mol. The van der Waals surface area contributed by atoms with Crippen LogP contribution >= 0.6 is 0 Å². The molecule has 0 spiro atoms. The first-order valence-electron chi connectivity index (χ1n) is 6.09. The van der Waals surface area contributed by atoms with Gasteiger partial charge in [-0.15, -0.1) is 0 Å². The summed E-state index contributed by atoms with van der Waals surface area (Å²) < 4.78 is 0. The van der Waals surface area contributed by atoms with Crippen molar-refractivity contribution in [1.82, 2.24) is 0 Å². The molecule has 0 radical (unpaired) electrons. The zero-order valence-corrected chi connectivity index (χ0v) is 10.8. The Morgan fingerprint density at radius 2 is 2.00 bits per heavy atom. The van der Waals surface area contributed by atoms with E-state index in [0.717, 1.165) is 18.3 Å². The summed E-state index contributed by atoms with van der Waals surface area (Å²) in [4.78, 5) is 10.4. The van der Waals surface area contributed by atoms with E-state index in [-0.39, 0.29) is 0 Å². The zero-order valence-electron chi connectivity index (χ0n) is 10.8. The first-order valence-corrected chi connectivity index (χ1v) is 6.09. The highest BCUT2D eigenvalue weighted by Crippen LogP contribution is 2.34. The van der Waals surface area contributed by atoms with Crippen molar-refractivity contribution in [3.63, 3.8) is 0 Å². The van der Waals surface area contributed by atoms with Crippen LogP contribution in [0.3, 0.4) is 0 Å². The molecule has 0 saturated carbocycles. The maximum absolute atomic E-state index is 10.4. The SMILES string of the molecule is CC1=C(C(C)C)/C(=C/C(C)=C\C=O)CCC1. The van der Waals surface area contributed by atoms with Gasteiger partial charge in [0.2, 0.25) is 0 Å². The molecular formula is C15H22O. The highest BCUT2D eigenvalue weighted by atomic mass is 16.1. The summed E-state index contributed by atoms with van der Waals surface area (Å²) in [5.41, 5.74) is 5.50. The van der Waals surface area contributed by atoms with Crippen LogP contribution in [0, 0.1) is 5.92 Å². The lowest BCUT2D eigenvalue weighted by atomic mass is 9.81.